The quantitative estimate of drug-likeness (QED) is 0.755. The lowest BCUT2D eigenvalue weighted by atomic mass is 10.3. The minimum atomic E-state index is -0.342. The molecule has 0 saturated heterocycles. The number of thioether (sulfide) groups is 1. The summed E-state index contributed by atoms with van der Waals surface area (Å²) >= 11 is 1.37. The minimum absolute atomic E-state index is 0.104. The number of anilines is 1. The monoisotopic (exact) mass is 224 g/mol. The number of primary amides is 1. The maximum absolute atomic E-state index is 10.7. The largest absolute Gasteiger partial charge is 0.369 e. The first-order valence-electron chi connectivity index (χ1n) is 4.36. The predicted molar refractivity (Wildman–Crippen MR) is 60.7 cm³/mol. The second kappa shape index (κ2) is 5.41. The number of carbonyl (C=O) groups excluding carboxylic acids is 2. The van der Waals surface area contributed by atoms with Crippen molar-refractivity contribution in [1.82, 2.24) is 0 Å². The highest BCUT2D eigenvalue weighted by atomic mass is 32.2. The fourth-order valence-electron chi connectivity index (χ4n) is 0.992. The molecule has 0 heterocycles. The summed E-state index contributed by atoms with van der Waals surface area (Å²) in [7, 11) is 0. The van der Waals surface area contributed by atoms with Crippen LogP contribution < -0.4 is 11.1 Å². The first-order chi connectivity index (χ1) is 7.08. The molecule has 0 aliphatic heterocycles. The highest BCUT2D eigenvalue weighted by Gasteiger charge is 1.99. The SMILES string of the molecule is CC(=O)Nc1ccc(SCC(N)=O)cc1. The number of hydrogen-bond donors (Lipinski definition) is 2. The van der Waals surface area contributed by atoms with E-state index in [0.29, 0.717) is 0 Å². The van der Waals surface area contributed by atoms with E-state index < -0.39 is 0 Å². The molecule has 0 fully saturated rings. The Hall–Kier alpha value is -1.49. The lowest BCUT2D eigenvalue weighted by Crippen LogP contribution is -2.12. The molecular weight excluding hydrogens is 212 g/mol. The topological polar surface area (TPSA) is 72.2 Å². The molecule has 1 aromatic carbocycles. The summed E-state index contributed by atoms with van der Waals surface area (Å²) in [6.45, 7) is 1.45. The fourth-order valence-corrected chi connectivity index (χ4v) is 1.63. The Morgan fingerprint density at radius 3 is 2.40 bits per heavy atom. The van der Waals surface area contributed by atoms with Crippen LogP contribution in [-0.2, 0) is 9.59 Å². The zero-order valence-electron chi connectivity index (χ0n) is 8.32. The molecule has 0 unspecified atom stereocenters. The van der Waals surface area contributed by atoms with Crippen molar-refractivity contribution in [2.45, 2.75) is 11.8 Å². The number of nitrogens with two attached hydrogens (primary N) is 1. The van der Waals surface area contributed by atoms with Gasteiger partial charge in [-0.25, -0.2) is 0 Å². The summed E-state index contributed by atoms with van der Waals surface area (Å²) in [6, 6.07) is 7.23. The molecule has 4 nitrogen and oxygen atoms in total. The first kappa shape index (κ1) is 11.6. The molecular formula is C10H12N2O2S. The van der Waals surface area contributed by atoms with Gasteiger partial charge in [-0.05, 0) is 24.3 Å². The molecule has 0 aromatic heterocycles. The summed E-state index contributed by atoms with van der Waals surface area (Å²) < 4.78 is 0. The van der Waals surface area contributed by atoms with Crippen LogP contribution in [0.15, 0.2) is 29.2 Å². The van der Waals surface area contributed by atoms with E-state index in [1.807, 2.05) is 12.1 Å². The van der Waals surface area contributed by atoms with E-state index in [0.717, 1.165) is 10.6 Å². The van der Waals surface area contributed by atoms with E-state index in [2.05, 4.69) is 5.32 Å². The van der Waals surface area contributed by atoms with Gasteiger partial charge in [0.2, 0.25) is 11.8 Å². The number of nitrogens with one attached hydrogen (secondary N) is 1. The van der Waals surface area contributed by atoms with Gasteiger partial charge >= 0.3 is 0 Å². The lowest BCUT2D eigenvalue weighted by molar-refractivity contribution is -0.116. The van der Waals surface area contributed by atoms with Gasteiger partial charge in [0.15, 0.2) is 0 Å². The normalized spacial score (nSPS) is 9.67. The van der Waals surface area contributed by atoms with Crippen LogP contribution in [-0.4, -0.2) is 17.6 Å². The molecule has 0 spiro atoms. The summed E-state index contributed by atoms with van der Waals surface area (Å²) in [6.07, 6.45) is 0. The van der Waals surface area contributed by atoms with Crippen LogP contribution >= 0.6 is 11.8 Å². The zero-order valence-corrected chi connectivity index (χ0v) is 9.14. The Balaban J connectivity index is 2.56. The smallest absolute Gasteiger partial charge is 0.227 e. The van der Waals surface area contributed by atoms with Crippen molar-refractivity contribution in [2.75, 3.05) is 11.1 Å². The highest BCUT2D eigenvalue weighted by Crippen LogP contribution is 2.19. The van der Waals surface area contributed by atoms with E-state index in [-0.39, 0.29) is 17.6 Å². The summed E-state index contributed by atoms with van der Waals surface area (Å²) in [5.41, 5.74) is 5.76. The second-order valence-electron chi connectivity index (χ2n) is 2.96. The van der Waals surface area contributed by atoms with Crippen molar-refractivity contribution in [3.05, 3.63) is 24.3 Å². The van der Waals surface area contributed by atoms with Gasteiger partial charge in [-0.3, -0.25) is 9.59 Å². The summed E-state index contributed by atoms with van der Waals surface area (Å²) in [5.74, 6) is -0.182. The molecule has 5 heteroatoms. The van der Waals surface area contributed by atoms with Gasteiger partial charge in [-0.15, -0.1) is 11.8 Å². The summed E-state index contributed by atoms with van der Waals surface area (Å²) in [4.78, 5) is 22.2. The average Bonchev–Trinajstić information content (AvgIpc) is 2.16. The molecule has 2 amide bonds. The van der Waals surface area contributed by atoms with Crippen molar-refractivity contribution in [1.29, 1.82) is 0 Å². The third-order valence-corrected chi connectivity index (χ3v) is 2.59. The summed E-state index contributed by atoms with van der Waals surface area (Å²) in [5, 5.41) is 2.66. The minimum Gasteiger partial charge on any atom is -0.369 e. The Bertz CT molecular complexity index is 362. The molecule has 15 heavy (non-hydrogen) atoms. The van der Waals surface area contributed by atoms with E-state index in [1.54, 1.807) is 12.1 Å². The number of benzene rings is 1. The van der Waals surface area contributed by atoms with Crippen LogP contribution in [0.5, 0.6) is 0 Å². The van der Waals surface area contributed by atoms with Crippen LogP contribution in [0, 0.1) is 0 Å². The van der Waals surface area contributed by atoms with Crippen LogP contribution in [0.25, 0.3) is 0 Å². The molecule has 0 radical (unpaired) electrons. The Kier molecular flexibility index (Phi) is 4.17. The highest BCUT2D eigenvalue weighted by molar-refractivity contribution is 8.00. The molecule has 3 N–H and O–H groups in total. The molecule has 1 aromatic rings. The fraction of sp³-hybridized carbons (Fsp3) is 0.200. The standard InChI is InChI=1S/C10H12N2O2S/c1-7(13)12-8-2-4-9(5-3-8)15-6-10(11)14/h2-5H,6H2,1H3,(H2,11,14)(H,12,13). The van der Waals surface area contributed by atoms with Gasteiger partial charge in [0, 0.05) is 17.5 Å². The predicted octanol–water partition coefficient (Wildman–Crippen LogP) is 1.22. The van der Waals surface area contributed by atoms with Crippen molar-refractivity contribution < 1.29 is 9.59 Å². The van der Waals surface area contributed by atoms with E-state index >= 15 is 0 Å². The van der Waals surface area contributed by atoms with Gasteiger partial charge < -0.3 is 11.1 Å². The first-order valence-corrected chi connectivity index (χ1v) is 5.35. The molecule has 1 rings (SSSR count). The van der Waals surface area contributed by atoms with E-state index in [4.69, 9.17) is 5.73 Å². The average molecular weight is 224 g/mol. The Morgan fingerprint density at radius 1 is 1.33 bits per heavy atom. The molecule has 0 bridgehead atoms. The van der Waals surface area contributed by atoms with Crippen molar-refractivity contribution in [2.24, 2.45) is 5.73 Å². The van der Waals surface area contributed by atoms with Crippen LogP contribution in [0.2, 0.25) is 0 Å². The van der Waals surface area contributed by atoms with Gasteiger partial charge in [-0.2, -0.15) is 0 Å². The van der Waals surface area contributed by atoms with Crippen molar-refractivity contribution in [3.8, 4) is 0 Å². The molecule has 0 atom stereocenters. The zero-order chi connectivity index (χ0) is 11.3. The van der Waals surface area contributed by atoms with E-state index in [1.165, 1.54) is 18.7 Å². The third-order valence-electron chi connectivity index (χ3n) is 1.56. The Labute approximate surface area is 92.2 Å². The van der Waals surface area contributed by atoms with Crippen LogP contribution in [0.1, 0.15) is 6.92 Å². The van der Waals surface area contributed by atoms with Gasteiger partial charge in [0.05, 0.1) is 5.75 Å². The number of rotatable bonds is 4. The van der Waals surface area contributed by atoms with E-state index in [9.17, 15) is 9.59 Å². The van der Waals surface area contributed by atoms with Crippen LogP contribution in [0.4, 0.5) is 5.69 Å². The molecule has 0 aliphatic rings. The lowest BCUT2D eigenvalue weighted by Gasteiger charge is -2.03. The number of hydrogen-bond acceptors (Lipinski definition) is 3. The maximum atomic E-state index is 10.7. The maximum Gasteiger partial charge on any atom is 0.227 e. The van der Waals surface area contributed by atoms with Gasteiger partial charge in [0.25, 0.3) is 0 Å². The second-order valence-corrected chi connectivity index (χ2v) is 4.01. The van der Waals surface area contributed by atoms with Crippen molar-refractivity contribution >= 4 is 29.3 Å². The Morgan fingerprint density at radius 2 is 1.93 bits per heavy atom. The van der Waals surface area contributed by atoms with Crippen LogP contribution in [0.3, 0.4) is 0 Å². The third kappa shape index (κ3) is 4.51. The molecule has 0 aliphatic carbocycles. The molecule has 0 saturated carbocycles. The molecule has 80 valence electrons. The number of amides is 2. The van der Waals surface area contributed by atoms with Crippen molar-refractivity contribution in [3.63, 3.8) is 0 Å². The van der Waals surface area contributed by atoms with Gasteiger partial charge in [0.1, 0.15) is 0 Å². The number of carbonyl (C=O) groups is 2. The van der Waals surface area contributed by atoms with Gasteiger partial charge in [-0.1, -0.05) is 0 Å².